The third kappa shape index (κ3) is 3.94. The molecule has 0 spiro atoms. The maximum absolute atomic E-state index is 14.1. The number of hydrogen-bond donors (Lipinski definition) is 1. The van der Waals surface area contributed by atoms with Crippen molar-refractivity contribution in [1.29, 1.82) is 0 Å². The minimum Gasteiger partial charge on any atom is -0.383 e. The molecular weight excluding hydrogens is 221 g/mol. The van der Waals surface area contributed by atoms with Gasteiger partial charge in [0.15, 0.2) is 11.6 Å². The molecule has 1 aromatic heterocycles. The largest absolute Gasteiger partial charge is 0.383 e. The molecule has 1 heterocycles. The van der Waals surface area contributed by atoms with Gasteiger partial charge in [0.25, 0.3) is 0 Å². The molecule has 0 bridgehead atoms. The highest BCUT2D eigenvalue weighted by atomic mass is 19.1. The van der Waals surface area contributed by atoms with E-state index in [1.54, 1.807) is 24.3 Å². The Kier molecular flexibility index (Phi) is 5.86. The van der Waals surface area contributed by atoms with Crippen LogP contribution in [-0.2, 0) is 11.3 Å². The Morgan fingerprint density at radius 1 is 1.53 bits per heavy atom. The number of pyridine rings is 1. The molecule has 1 N–H and O–H groups in total. The summed E-state index contributed by atoms with van der Waals surface area (Å²) in [6.07, 6.45) is 1.63. The highest BCUT2D eigenvalue weighted by molar-refractivity contribution is 5.42. The standard InChI is InChI=1S/C12H20FN3O/c1-4-14-9-10-5-6-15-12(11(10)13)16(2)7-8-17-3/h5-6,14H,4,7-9H2,1-3H3. The zero-order valence-corrected chi connectivity index (χ0v) is 10.7. The molecule has 0 aromatic carbocycles. The van der Waals surface area contributed by atoms with E-state index in [2.05, 4.69) is 10.3 Å². The molecule has 0 fully saturated rings. The van der Waals surface area contributed by atoms with E-state index in [-0.39, 0.29) is 5.82 Å². The number of nitrogens with one attached hydrogen (secondary N) is 1. The first-order chi connectivity index (χ1) is 8.20. The molecule has 0 radical (unpaired) electrons. The molecule has 0 saturated carbocycles. The van der Waals surface area contributed by atoms with Crippen molar-refractivity contribution < 1.29 is 9.13 Å². The molecule has 0 unspecified atom stereocenters. The van der Waals surface area contributed by atoms with E-state index < -0.39 is 0 Å². The van der Waals surface area contributed by atoms with Crippen molar-refractivity contribution in [3.8, 4) is 0 Å². The molecule has 5 heteroatoms. The fraction of sp³-hybridized carbons (Fsp3) is 0.583. The predicted octanol–water partition coefficient (Wildman–Crippen LogP) is 1.41. The van der Waals surface area contributed by atoms with Crippen molar-refractivity contribution in [3.05, 3.63) is 23.6 Å². The molecule has 0 amide bonds. The van der Waals surface area contributed by atoms with Crippen LogP contribution in [0.5, 0.6) is 0 Å². The summed E-state index contributed by atoms with van der Waals surface area (Å²) in [4.78, 5) is 5.83. The second-order valence-electron chi connectivity index (χ2n) is 3.80. The molecule has 0 aliphatic heterocycles. The Labute approximate surface area is 102 Å². The maximum Gasteiger partial charge on any atom is 0.170 e. The Morgan fingerprint density at radius 2 is 2.29 bits per heavy atom. The molecule has 1 aromatic rings. The molecule has 1 rings (SSSR count). The van der Waals surface area contributed by atoms with Crippen LogP contribution in [0.1, 0.15) is 12.5 Å². The summed E-state index contributed by atoms with van der Waals surface area (Å²) in [7, 11) is 3.43. The monoisotopic (exact) mass is 241 g/mol. The van der Waals surface area contributed by atoms with Crippen LogP contribution in [0.2, 0.25) is 0 Å². The van der Waals surface area contributed by atoms with Gasteiger partial charge in [0.2, 0.25) is 0 Å². The summed E-state index contributed by atoms with van der Waals surface area (Å²) >= 11 is 0. The molecule has 0 aliphatic rings. The highest BCUT2D eigenvalue weighted by Crippen LogP contribution is 2.17. The van der Waals surface area contributed by atoms with Crippen molar-refractivity contribution in [1.82, 2.24) is 10.3 Å². The lowest BCUT2D eigenvalue weighted by Crippen LogP contribution is -2.25. The number of methoxy groups -OCH3 is 1. The average molecular weight is 241 g/mol. The summed E-state index contributed by atoms with van der Waals surface area (Å²) in [6, 6.07) is 1.70. The van der Waals surface area contributed by atoms with E-state index in [1.807, 2.05) is 14.0 Å². The van der Waals surface area contributed by atoms with Gasteiger partial charge in [0, 0.05) is 39.0 Å². The number of ether oxygens (including phenoxy) is 1. The van der Waals surface area contributed by atoms with Crippen LogP contribution >= 0.6 is 0 Å². The second-order valence-corrected chi connectivity index (χ2v) is 3.80. The van der Waals surface area contributed by atoms with Crippen molar-refractivity contribution in [2.45, 2.75) is 13.5 Å². The molecular formula is C12H20FN3O. The Hall–Kier alpha value is -1.20. The summed E-state index contributed by atoms with van der Waals surface area (Å²) < 4.78 is 19.1. The molecule has 0 saturated heterocycles. The van der Waals surface area contributed by atoms with E-state index in [0.717, 1.165) is 6.54 Å². The van der Waals surface area contributed by atoms with Gasteiger partial charge >= 0.3 is 0 Å². The van der Waals surface area contributed by atoms with E-state index in [4.69, 9.17) is 4.74 Å². The fourth-order valence-corrected chi connectivity index (χ4v) is 1.47. The van der Waals surface area contributed by atoms with E-state index in [0.29, 0.717) is 31.1 Å². The van der Waals surface area contributed by atoms with E-state index in [1.165, 1.54) is 0 Å². The van der Waals surface area contributed by atoms with Gasteiger partial charge in [-0.05, 0) is 12.6 Å². The van der Waals surface area contributed by atoms with Crippen LogP contribution < -0.4 is 10.2 Å². The summed E-state index contributed by atoms with van der Waals surface area (Å²) in [5, 5.41) is 3.10. The molecule has 0 aliphatic carbocycles. The Morgan fingerprint density at radius 3 is 2.94 bits per heavy atom. The van der Waals surface area contributed by atoms with E-state index in [9.17, 15) is 4.39 Å². The molecule has 0 atom stereocenters. The normalized spacial score (nSPS) is 10.6. The Bertz CT molecular complexity index is 347. The van der Waals surface area contributed by atoms with E-state index >= 15 is 0 Å². The first-order valence-corrected chi connectivity index (χ1v) is 5.74. The number of halogens is 1. The van der Waals surface area contributed by atoms with Crippen LogP contribution in [0.15, 0.2) is 12.3 Å². The van der Waals surface area contributed by atoms with Gasteiger partial charge in [-0.2, -0.15) is 0 Å². The van der Waals surface area contributed by atoms with Gasteiger partial charge in [-0.25, -0.2) is 9.37 Å². The third-order valence-corrected chi connectivity index (χ3v) is 2.51. The van der Waals surface area contributed by atoms with Gasteiger partial charge in [-0.15, -0.1) is 0 Å². The number of anilines is 1. The summed E-state index contributed by atoms with van der Waals surface area (Å²) in [5.41, 5.74) is 0.640. The first kappa shape index (κ1) is 13.9. The molecule has 17 heavy (non-hydrogen) atoms. The number of rotatable bonds is 7. The number of likely N-dealkylation sites (N-methyl/N-ethyl adjacent to an activating group) is 1. The van der Waals surface area contributed by atoms with Crippen molar-refractivity contribution in [3.63, 3.8) is 0 Å². The Balaban J connectivity index is 2.78. The molecule has 96 valence electrons. The minimum atomic E-state index is -0.257. The summed E-state index contributed by atoms with van der Waals surface area (Å²) in [6.45, 7) is 4.50. The van der Waals surface area contributed by atoms with Crippen LogP contribution in [0.4, 0.5) is 10.2 Å². The smallest absolute Gasteiger partial charge is 0.170 e. The lowest BCUT2D eigenvalue weighted by atomic mass is 10.2. The van der Waals surface area contributed by atoms with Gasteiger partial charge in [0.05, 0.1) is 6.61 Å². The average Bonchev–Trinajstić information content (AvgIpc) is 2.34. The maximum atomic E-state index is 14.1. The quantitative estimate of drug-likeness (QED) is 0.783. The van der Waals surface area contributed by atoms with Gasteiger partial charge in [-0.1, -0.05) is 6.92 Å². The third-order valence-electron chi connectivity index (χ3n) is 2.51. The second kappa shape index (κ2) is 7.19. The highest BCUT2D eigenvalue weighted by Gasteiger charge is 2.12. The number of hydrogen-bond acceptors (Lipinski definition) is 4. The zero-order valence-electron chi connectivity index (χ0n) is 10.7. The number of aromatic nitrogens is 1. The topological polar surface area (TPSA) is 37.4 Å². The first-order valence-electron chi connectivity index (χ1n) is 5.74. The fourth-order valence-electron chi connectivity index (χ4n) is 1.47. The zero-order chi connectivity index (χ0) is 12.7. The molecule has 4 nitrogen and oxygen atoms in total. The number of nitrogens with zero attached hydrogens (tertiary/aromatic N) is 2. The van der Waals surface area contributed by atoms with Gasteiger partial charge in [0.1, 0.15) is 0 Å². The predicted molar refractivity (Wildman–Crippen MR) is 66.7 cm³/mol. The van der Waals surface area contributed by atoms with Crippen LogP contribution in [-0.4, -0.2) is 38.8 Å². The van der Waals surface area contributed by atoms with Crippen molar-refractivity contribution in [2.24, 2.45) is 0 Å². The lowest BCUT2D eigenvalue weighted by molar-refractivity contribution is 0.206. The van der Waals surface area contributed by atoms with Gasteiger partial charge < -0.3 is 15.0 Å². The van der Waals surface area contributed by atoms with Crippen LogP contribution in [0.25, 0.3) is 0 Å². The minimum absolute atomic E-state index is 0.257. The lowest BCUT2D eigenvalue weighted by Gasteiger charge is -2.19. The van der Waals surface area contributed by atoms with Crippen LogP contribution in [0, 0.1) is 5.82 Å². The van der Waals surface area contributed by atoms with Gasteiger partial charge in [-0.3, -0.25) is 0 Å². The SMILES string of the molecule is CCNCc1ccnc(N(C)CCOC)c1F. The van der Waals surface area contributed by atoms with Crippen LogP contribution in [0.3, 0.4) is 0 Å². The van der Waals surface area contributed by atoms with Crippen molar-refractivity contribution >= 4 is 5.82 Å². The van der Waals surface area contributed by atoms with Crippen molar-refractivity contribution in [2.75, 3.05) is 38.8 Å². The summed E-state index contributed by atoms with van der Waals surface area (Å²) in [5.74, 6) is 0.115.